The first-order chi connectivity index (χ1) is 17.3. The van der Waals surface area contributed by atoms with Crippen LogP contribution in [0.4, 0.5) is 11.5 Å². The predicted octanol–water partition coefficient (Wildman–Crippen LogP) is 3.35. The number of amides is 1. The van der Waals surface area contributed by atoms with E-state index in [-0.39, 0.29) is 30.5 Å². The average molecular weight is 496 g/mol. The topological polar surface area (TPSA) is 114 Å². The summed E-state index contributed by atoms with van der Waals surface area (Å²) in [5, 5.41) is 2.17. The van der Waals surface area contributed by atoms with Crippen molar-refractivity contribution >= 4 is 28.2 Å². The minimum atomic E-state index is -0.660. The molecule has 9 nitrogen and oxygen atoms in total. The Kier molecular flexibility index (Phi) is 9.30. The van der Waals surface area contributed by atoms with Crippen molar-refractivity contribution in [2.45, 2.75) is 53.1 Å². The Morgan fingerprint density at radius 1 is 1.08 bits per heavy atom. The second kappa shape index (κ2) is 12.4. The highest BCUT2D eigenvalue weighted by atomic mass is 16.5. The molecule has 1 heterocycles. The van der Waals surface area contributed by atoms with Crippen LogP contribution in [0.2, 0.25) is 0 Å². The van der Waals surface area contributed by atoms with E-state index < -0.39 is 11.2 Å². The molecule has 1 amide bonds. The fourth-order valence-corrected chi connectivity index (χ4v) is 4.30. The maximum atomic E-state index is 13.4. The Bertz CT molecular complexity index is 1310. The zero-order chi connectivity index (χ0) is 26.2. The number of benzene rings is 2. The highest BCUT2D eigenvalue weighted by Crippen LogP contribution is 2.29. The van der Waals surface area contributed by atoms with Gasteiger partial charge in [-0.15, -0.1) is 0 Å². The number of rotatable bonds is 12. The van der Waals surface area contributed by atoms with Gasteiger partial charge in [-0.1, -0.05) is 50.6 Å². The highest BCUT2D eigenvalue weighted by molar-refractivity contribution is 5.97. The number of ether oxygens (including phenoxy) is 1. The Morgan fingerprint density at radius 3 is 2.53 bits per heavy atom. The third kappa shape index (κ3) is 5.96. The number of aromatic nitrogens is 2. The van der Waals surface area contributed by atoms with Crippen molar-refractivity contribution in [3.05, 3.63) is 62.8 Å². The number of fused-ring (bicyclic) bond motifs is 1. The monoisotopic (exact) mass is 495 g/mol. The van der Waals surface area contributed by atoms with Gasteiger partial charge < -0.3 is 15.4 Å². The summed E-state index contributed by atoms with van der Waals surface area (Å²) in [5.41, 5.74) is 6.04. The van der Waals surface area contributed by atoms with E-state index in [0.29, 0.717) is 19.7 Å². The number of unbranched alkanes of at least 4 members (excludes halogenated alkanes) is 1. The molecule has 0 aliphatic rings. The molecule has 3 aromatic rings. The number of carbonyl (C=O) groups is 1. The molecule has 36 heavy (non-hydrogen) atoms. The van der Waals surface area contributed by atoms with Crippen LogP contribution < -0.4 is 26.6 Å². The molecule has 3 rings (SSSR count). The molecular weight excluding hydrogens is 458 g/mol. The first-order valence-electron chi connectivity index (χ1n) is 12.6. The van der Waals surface area contributed by atoms with Crippen molar-refractivity contribution in [2.24, 2.45) is 0 Å². The average Bonchev–Trinajstić information content (AvgIpc) is 2.85. The van der Waals surface area contributed by atoms with E-state index in [4.69, 9.17) is 10.5 Å². The van der Waals surface area contributed by atoms with E-state index in [1.165, 1.54) is 9.47 Å². The van der Waals surface area contributed by atoms with Gasteiger partial charge in [-0.3, -0.25) is 24.0 Å². The quantitative estimate of drug-likeness (QED) is 0.398. The normalized spacial score (nSPS) is 11.2. The third-order valence-electron chi connectivity index (χ3n) is 6.13. The van der Waals surface area contributed by atoms with Crippen LogP contribution in [0.3, 0.4) is 0 Å². The lowest BCUT2D eigenvalue weighted by Crippen LogP contribution is -2.44. The molecule has 2 aromatic carbocycles. The minimum Gasteiger partial charge on any atom is -0.493 e. The number of nitrogens with one attached hydrogen (secondary N) is 1. The van der Waals surface area contributed by atoms with Gasteiger partial charge in [0.1, 0.15) is 11.6 Å². The molecule has 0 aliphatic heterocycles. The summed E-state index contributed by atoms with van der Waals surface area (Å²) in [6.07, 6.45) is 2.48. The summed E-state index contributed by atoms with van der Waals surface area (Å²) >= 11 is 0. The van der Waals surface area contributed by atoms with E-state index in [2.05, 4.69) is 24.0 Å². The number of hydrogen-bond donors (Lipinski definition) is 2. The standard InChI is InChI=1S/C27H37N5O4/c1-5-8-15-32-25(28)24(26(34)29-27(32)35)31(7-3)23(33)18-30(4)17-21-20-12-10-9-11-19(20)13-14-22(21)36-16-6-2/h9-14H,5-8,15-18,28H2,1-4H3,(H,29,34,35). The fourth-order valence-electron chi connectivity index (χ4n) is 4.30. The molecule has 0 aliphatic carbocycles. The van der Waals surface area contributed by atoms with Gasteiger partial charge in [0.2, 0.25) is 5.91 Å². The van der Waals surface area contributed by atoms with Crippen molar-refractivity contribution in [1.82, 2.24) is 14.5 Å². The van der Waals surface area contributed by atoms with E-state index >= 15 is 0 Å². The van der Waals surface area contributed by atoms with E-state index in [1.807, 2.05) is 43.1 Å². The van der Waals surface area contributed by atoms with E-state index in [0.717, 1.165) is 41.3 Å². The molecule has 0 radical (unpaired) electrons. The number of aromatic amines is 1. The summed E-state index contributed by atoms with van der Waals surface area (Å²) in [5.74, 6) is 0.527. The molecule has 0 spiro atoms. The predicted molar refractivity (Wildman–Crippen MR) is 145 cm³/mol. The van der Waals surface area contributed by atoms with Crippen LogP contribution in [0.15, 0.2) is 46.0 Å². The molecule has 0 atom stereocenters. The van der Waals surface area contributed by atoms with Crippen LogP contribution in [0.25, 0.3) is 10.8 Å². The number of likely N-dealkylation sites (N-methyl/N-ethyl adjacent to an activating group) is 2. The van der Waals surface area contributed by atoms with Crippen LogP contribution in [0.5, 0.6) is 5.75 Å². The Morgan fingerprint density at radius 2 is 1.83 bits per heavy atom. The summed E-state index contributed by atoms with van der Waals surface area (Å²) in [4.78, 5) is 43.9. The lowest BCUT2D eigenvalue weighted by Gasteiger charge is -2.26. The fraction of sp³-hybridized carbons (Fsp3) is 0.444. The van der Waals surface area contributed by atoms with Crippen LogP contribution in [0.1, 0.15) is 45.6 Å². The van der Waals surface area contributed by atoms with Gasteiger partial charge in [0.05, 0.1) is 13.2 Å². The molecule has 0 saturated carbocycles. The highest BCUT2D eigenvalue weighted by Gasteiger charge is 2.24. The number of H-pyrrole nitrogens is 1. The SMILES string of the molecule is CCCCn1c(N)c(N(CC)C(=O)CN(C)Cc2c(OCCC)ccc3ccccc23)c(=O)[nH]c1=O. The van der Waals surface area contributed by atoms with Crippen LogP contribution in [-0.2, 0) is 17.9 Å². The smallest absolute Gasteiger partial charge is 0.330 e. The van der Waals surface area contributed by atoms with Crippen LogP contribution in [-0.4, -0.2) is 47.1 Å². The molecule has 3 N–H and O–H groups in total. The molecule has 0 unspecified atom stereocenters. The van der Waals surface area contributed by atoms with E-state index in [9.17, 15) is 14.4 Å². The summed E-state index contributed by atoms with van der Waals surface area (Å²) < 4.78 is 7.34. The molecule has 9 heteroatoms. The van der Waals surface area contributed by atoms with E-state index in [1.54, 1.807) is 6.92 Å². The number of carbonyl (C=O) groups excluding carboxylic acids is 1. The number of anilines is 2. The zero-order valence-electron chi connectivity index (χ0n) is 21.7. The second-order valence-electron chi connectivity index (χ2n) is 8.92. The van der Waals surface area contributed by atoms with Crippen LogP contribution >= 0.6 is 0 Å². The van der Waals surface area contributed by atoms with Crippen molar-refractivity contribution in [3.8, 4) is 5.75 Å². The van der Waals surface area contributed by atoms with Gasteiger partial charge in [-0.25, -0.2) is 4.79 Å². The largest absolute Gasteiger partial charge is 0.493 e. The molecule has 194 valence electrons. The maximum Gasteiger partial charge on any atom is 0.330 e. The number of nitrogen functional groups attached to an aromatic ring is 1. The molecule has 1 aromatic heterocycles. The van der Waals surface area contributed by atoms with Crippen molar-refractivity contribution in [2.75, 3.05) is 37.4 Å². The molecular formula is C27H37N5O4. The maximum absolute atomic E-state index is 13.4. The molecule has 0 saturated heterocycles. The number of hydrogen-bond acceptors (Lipinski definition) is 6. The van der Waals surface area contributed by atoms with Crippen molar-refractivity contribution in [3.63, 3.8) is 0 Å². The Labute approximate surface area is 211 Å². The first-order valence-corrected chi connectivity index (χ1v) is 12.6. The van der Waals surface area contributed by atoms with Gasteiger partial charge in [-0.2, -0.15) is 0 Å². The van der Waals surface area contributed by atoms with Gasteiger partial charge in [0.15, 0.2) is 5.69 Å². The lowest BCUT2D eigenvalue weighted by atomic mass is 10.0. The lowest BCUT2D eigenvalue weighted by molar-refractivity contribution is -0.119. The Balaban J connectivity index is 1.88. The summed E-state index contributed by atoms with van der Waals surface area (Å²) in [6.45, 7) is 7.59. The summed E-state index contributed by atoms with van der Waals surface area (Å²) in [6, 6.07) is 12.1. The second-order valence-corrected chi connectivity index (χ2v) is 8.92. The van der Waals surface area contributed by atoms with Crippen molar-refractivity contribution in [1.29, 1.82) is 0 Å². The molecule has 0 fully saturated rings. The van der Waals surface area contributed by atoms with Crippen LogP contribution in [0, 0.1) is 0 Å². The minimum absolute atomic E-state index is 0.0133. The van der Waals surface area contributed by atoms with Crippen molar-refractivity contribution < 1.29 is 9.53 Å². The third-order valence-corrected chi connectivity index (χ3v) is 6.13. The van der Waals surface area contributed by atoms with Gasteiger partial charge in [0.25, 0.3) is 5.56 Å². The number of nitrogens with zero attached hydrogens (tertiary/aromatic N) is 3. The summed E-state index contributed by atoms with van der Waals surface area (Å²) in [7, 11) is 1.85. The van der Waals surface area contributed by atoms with Gasteiger partial charge in [0, 0.05) is 25.2 Å². The Hall–Kier alpha value is -3.59. The van der Waals surface area contributed by atoms with Gasteiger partial charge in [-0.05, 0) is 43.7 Å². The van der Waals surface area contributed by atoms with Gasteiger partial charge >= 0.3 is 5.69 Å². The first kappa shape index (κ1) is 27.0. The number of nitrogens with two attached hydrogens (primary N) is 1. The zero-order valence-corrected chi connectivity index (χ0v) is 21.7. The molecule has 0 bridgehead atoms.